The van der Waals surface area contributed by atoms with Gasteiger partial charge in [0.25, 0.3) is 5.91 Å². The fraction of sp³-hybridized carbons (Fsp3) is 0.524. The molecule has 0 saturated heterocycles. The van der Waals surface area contributed by atoms with Crippen molar-refractivity contribution in [1.29, 1.82) is 0 Å². The Morgan fingerprint density at radius 1 is 1.36 bits per heavy atom. The van der Waals surface area contributed by atoms with Gasteiger partial charge in [0.15, 0.2) is 5.76 Å². The van der Waals surface area contributed by atoms with E-state index in [4.69, 9.17) is 14.2 Å². The number of nitrogens with one attached hydrogen (secondary N) is 1. The van der Waals surface area contributed by atoms with Crippen molar-refractivity contribution in [1.82, 2.24) is 5.32 Å². The van der Waals surface area contributed by atoms with Gasteiger partial charge in [-0.3, -0.25) is 4.79 Å². The van der Waals surface area contributed by atoms with E-state index in [0.29, 0.717) is 24.2 Å². The zero-order chi connectivity index (χ0) is 20.5. The number of carbonyl (C=O) groups excluding carboxylic acids is 2. The van der Waals surface area contributed by atoms with Crippen LogP contribution in [-0.4, -0.2) is 37.4 Å². The van der Waals surface area contributed by atoms with Crippen LogP contribution in [0.3, 0.4) is 0 Å². The molecule has 1 aliphatic carbocycles. The fourth-order valence-electron chi connectivity index (χ4n) is 4.18. The maximum absolute atomic E-state index is 13.1. The SMILES string of the molecule is CCOC(=O)OC1=C(c2c(Br)cc(C)cc2CC)C(=O)NC12CCC(OC)C2. The summed E-state index contributed by atoms with van der Waals surface area (Å²) in [6.07, 6.45) is 1.90. The minimum Gasteiger partial charge on any atom is -0.434 e. The van der Waals surface area contributed by atoms with Gasteiger partial charge in [0.1, 0.15) is 5.54 Å². The number of aryl methyl sites for hydroxylation is 2. The second kappa shape index (κ2) is 8.25. The second-order valence-electron chi connectivity index (χ2n) is 7.26. The summed E-state index contributed by atoms with van der Waals surface area (Å²) in [6, 6.07) is 4.02. The summed E-state index contributed by atoms with van der Waals surface area (Å²) in [5, 5.41) is 3.09. The largest absolute Gasteiger partial charge is 0.513 e. The standard InChI is InChI=1S/C21H26BrNO5/c1-5-13-9-12(3)10-15(22)16(13)17-18(28-20(25)27-6-2)21(23-19(17)24)8-7-14(11-21)26-4/h9-10,14H,5-8,11H2,1-4H3,(H,23,24). The number of rotatable bonds is 5. The predicted octanol–water partition coefficient (Wildman–Crippen LogP) is 4.27. The molecule has 2 aliphatic rings. The van der Waals surface area contributed by atoms with Crippen LogP contribution < -0.4 is 5.32 Å². The highest BCUT2D eigenvalue weighted by molar-refractivity contribution is 9.10. The summed E-state index contributed by atoms with van der Waals surface area (Å²) in [4.78, 5) is 25.3. The van der Waals surface area contributed by atoms with Gasteiger partial charge in [-0.15, -0.1) is 0 Å². The molecular formula is C21H26BrNO5. The molecule has 6 nitrogen and oxygen atoms in total. The Morgan fingerprint density at radius 2 is 2.11 bits per heavy atom. The van der Waals surface area contributed by atoms with Crippen molar-refractivity contribution >= 4 is 33.6 Å². The quantitative estimate of drug-likeness (QED) is 0.676. The first kappa shape index (κ1) is 20.9. The molecule has 2 unspecified atom stereocenters. The van der Waals surface area contributed by atoms with Gasteiger partial charge in [-0.2, -0.15) is 0 Å². The Bertz CT molecular complexity index is 834. The van der Waals surface area contributed by atoms with E-state index in [9.17, 15) is 9.59 Å². The Morgan fingerprint density at radius 3 is 2.71 bits per heavy atom. The molecule has 3 rings (SSSR count). The van der Waals surface area contributed by atoms with Crippen LogP contribution in [-0.2, 0) is 25.4 Å². The first-order valence-corrected chi connectivity index (χ1v) is 10.4. The number of carbonyl (C=O) groups is 2. The van der Waals surface area contributed by atoms with Crippen LogP contribution in [0.25, 0.3) is 5.57 Å². The van der Waals surface area contributed by atoms with Crippen LogP contribution in [0.2, 0.25) is 0 Å². The van der Waals surface area contributed by atoms with Gasteiger partial charge in [0.2, 0.25) is 0 Å². The molecule has 1 aliphatic heterocycles. The lowest BCUT2D eigenvalue weighted by Gasteiger charge is -2.26. The molecule has 1 saturated carbocycles. The van der Waals surface area contributed by atoms with Crippen molar-refractivity contribution in [3.05, 3.63) is 39.1 Å². The lowest BCUT2D eigenvalue weighted by molar-refractivity contribution is -0.116. The first-order chi connectivity index (χ1) is 13.3. The summed E-state index contributed by atoms with van der Waals surface area (Å²) in [7, 11) is 1.66. The average molecular weight is 452 g/mol. The first-order valence-electron chi connectivity index (χ1n) is 9.59. The van der Waals surface area contributed by atoms with E-state index in [-0.39, 0.29) is 18.6 Å². The molecule has 0 radical (unpaired) electrons. The Kier molecular flexibility index (Phi) is 6.15. The molecule has 1 aromatic rings. The minimum absolute atomic E-state index is 0.00690. The molecule has 2 atom stereocenters. The number of halogens is 1. The third kappa shape index (κ3) is 3.70. The van der Waals surface area contributed by atoms with E-state index in [1.54, 1.807) is 14.0 Å². The van der Waals surface area contributed by atoms with E-state index in [1.807, 2.05) is 19.9 Å². The van der Waals surface area contributed by atoms with E-state index in [0.717, 1.165) is 34.0 Å². The number of amides is 1. The molecule has 1 aromatic carbocycles. The van der Waals surface area contributed by atoms with Crippen molar-refractivity contribution in [2.24, 2.45) is 0 Å². The average Bonchev–Trinajstić information content (AvgIpc) is 3.16. The van der Waals surface area contributed by atoms with Gasteiger partial charge in [-0.05, 0) is 50.3 Å². The van der Waals surface area contributed by atoms with Crippen molar-refractivity contribution in [2.45, 2.75) is 58.1 Å². The zero-order valence-corrected chi connectivity index (χ0v) is 18.3. The smallest absolute Gasteiger partial charge is 0.434 e. The summed E-state index contributed by atoms with van der Waals surface area (Å²) >= 11 is 3.61. The maximum atomic E-state index is 13.1. The summed E-state index contributed by atoms with van der Waals surface area (Å²) in [5.41, 5.74) is 2.51. The normalized spacial score (nSPS) is 24.0. The summed E-state index contributed by atoms with van der Waals surface area (Å²) in [5.74, 6) is 0.102. The molecule has 1 fully saturated rings. The molecule has 7 heteroatoms. The number of benzene rings is 1. The molecule has 1 heterocycles. The van der Waals surface area contributed by atoms with Gasteiger partial charge in [0, 0.05) is 23.6 Å². The highest BCUT2D eigenvalue weighted by Crippen LogP contribution is 2.47. The molecule has 1 N–H and O–H groups in total. The highest BCUT2D eigenvalue weighted by atomic mass is 79.9. The van der Waals surface area contributed by atoms with Gasteiger partial charge in [0.05, 0.1) is 18.3 Å². The lowest BCUT2D eigenvalue weighted by atomic mass is 9.91. The Balaban J connectivity index is 2.18. The van der Waals surface area contributed by atoms with E-state index >= 15 is 0 Å². The van der Waals surface area contributed by atoms with Crippen molar-refractivity contribution in [2.75, 3.05) is 13.7 Å². The maximum Gasteiger partial charge on any atom is 0.513 e. The monoisotopic (exact) mass is 451 g/mol. The van der Waals surface area contributed by atoms with Crippen LogP contribution in [0, 0.1) is 6.92 Å². The number of ether oxygens (including phenoxy) is 3. The summed E-state index contributed by atoms with van der Waals surface area (Å²) in [6.45, 7) is 5.96. The van der Waals surface area contributed by atoms with Crippen LogP contribution in [0.5, 0.6) is 0 Å². The second-order valence-corrected chi connectivity index (χ2v) is 8.11. The van der Waals surface area contributed by atoms with Gasteiger partial charge in [-0.1, -0.05) is 28.9 Å². The molecule has 0 aromatic heterocycles. The van der Waals surface area contributed by atoms with Crippen molar-refractivity contribution in [3.63, 3.8) is 0 Å². The Labute approximate surface area is 173 Å². The van der Waals surface area contributed by atoms with Crippen LogP contribution in [0.4, 0.5) is 4.79 Å². The minimum atomic E-state index is -0.798. The lowest BCUT2D eigenvalue weighted by Crippen LogP contribution is -2.43. The van der Waals surface area contributed by atoms with E-state index < -0.39 is 11.7 Å². The molecule has 28 heavy (non-hydrogen) atoms. The predicted molar refractivity (Wildman–Crippen MR) is 109 cm³/mol. The molecular weight excluding hydrogens is 426 g/mol. The van der Waals surface area contributed by atoms with Crippen molar-refractivity contribution in [3.8, 4) is 0 Å². The molecule has 152 valence electrons. The molecule has 1 amide bonds. The zero-order valence-electron chi connectivity index (χ0n) is 16.7. The Hall–Kier alpha value is -1.86. The van der Waals surface area contributed by atoms with Gasteiger partial charge < -0.3 is 19.5 Å². The third-order valence-electron chi connectivity index (χ3n) is 5.44. The number of hydrogen-bond donors (Lipinski definition) is 1. The third-order valence-corrected chi connectivity index (χ3v) is 6.06. The van der Waals surface area contributed by atoms with Gasteiger partial charge in [-0.25, -0.2) is 4.79 Å². The fourth-order valence-corrected chi connectivity index (χ4v) is 4.99. The number of hydrogen-bond acceptors (Lipinski definition) is 5. The van der Waals surface area contributed by atoms with E-state index in [2.05, 4.69) is 27.3 Å². The molecule has 0 bridgehead atoms. The van der Waals surface area contributed by atoms with E-state index in [1.165, 1.54) is 0 Å². The molecule has 1 spiro atoms. The van der Waals surface area contributed by atoms with Crippen LogP contribution >= 0.6 is 15.9 Å². The number of methoxy groups -OCH3 is 1. The summed E-state index contributed by atoms with van der Waals surface area (Å²) < 4.78 is 17.0. The van der Waals surface area contributed by atoms with Crippen LogP contribution in [0.15, 0.2) is 22.4 Å². The highest BCUT2D eigenvalue weighted by Gasteiger charge is 2.53. The topological polar surface area (TPSA) is 73.9 Å². The van der Waals surface area contributed by atoms with Crippen LogP contribution in [0.1, 0.15) is 49.8 Å². The van der Waals surface area contributed by atoms with Crippen molar-refractivity contribution < 1.29 is 23.8 Å². The van der Waals surface area contributed by atoms with Gasteiger partial charge >= 0.3 is 6.16 Å².